The molecule has 3 rings (SSSR count). The Hall–Kier alpha value is -2.66. The molecule has 2 aromatic carbocycles. The lowest BCUT2D eigenvalue weighted by atomic mass is 9.74. The van der Waals surface area contributed by atoms with Gasteiger partial charge in [-0.15, -0.1) is 12.4 Å². The van der Waals surface area contributed by atoms with E-state index in [9.17, 15) is 10.4 Å². The molecule has 1 N–H and O–H groups in total. The molecule has 0 aliphatic carbocycles. The fourth-order valence-corrected chi connectivity index (χ4v) is 7.04. The van der Waals surface area contributed by atoms with Crippen molar-refractivity contribution < 1.29 is 24.1 Å². The SMILES string of the molecule is CCCCCCCCCCCCC(C#N)(CCCN1CCC(C(O)c2ccc(OC)c(OC)c2)CC1)c1ccc(OC)c(OC)c1.Cl. The van der Waals surface area contributed by atoms with Crippen LogP contribution in [0.25, 0.3) is 0 Å². The first kappa shape index (κ1) is 40.5. The predicted octanol–water partition coefficient (Wildman–Crippen LogP) is 9.44. The number of nitriles is 1. The Morgan fingerprint density at radius 1 is 0.745 bits per heavy atom. The molecule has 0 saturated carbocycles. The molecule has 1 heterocycles. The molecule has 1 aliphatic heterocycles. The smallest absolute Gasteiger partial charge is 0.161 e. The zero-order valence-corrected chi connectivity index (χ0v) is 30.5. The van der Waals surface area contributed by atoms with Crippen LogP contribution in [0.2, 0.25) is 0 Å². The van der Waals surface area contributed by atoms with E-state index in [1.807, 2.05) is 30.3 Å². The minimum atomic E-state index is -0.554. The molecule has 0 radical (unpaired) electrons. The fourth-order valence-electron chi connectivity index (χ4n) is 7.04. The third-order valence-corrected chi connectivity index (χ3v) is 10.0. The van der Waals surface area contributed by atoms with Gasteiger partial charge in [0.05, 0.1) is 46.0 Å². The van der Waals surface area contributed by atoms with Crippen LogP contribution in [-0.4, -0.2) is 58.1 Å². The van der Waals surface area contributed by atoms with Crippen molar-refractivity contribution in [2.45, 2.75) is 115 Å². The Morgan fingerprint density at radius 3 is 1.81 bits per heavy atom. The highest BCUT2D eigenvalue weighted by molar-refractivity contribution is 5.85. The second-order valence-electron chi connectivity index (χ2n) is 13.0. The summed E-state index contributed by atoms with van der Waals surface area (Å²) in [6, 6.07) is 14.5. The maximum absolute atomic E-state index is 11.2. The summed E-state index contributed by atoms with van der Waals surface area (Å²) in [6.45, 7) is 5.11. The van der Waals surface area contributed by atoms with Gasteiger partial charge in [0.25, 0.3) is 0 Å². The van der Waals surface area contributed by atoms with Crippen LogP contribution >= 0.6 is 12.4 Å². The molecule has 0 spiro atoms. The van der Waals surface area contributed by atoms with Crippen molar-refractivity contribution in [2.75, 3.05) is 48.1 Å². The van der Waals surface area contributed by atoms with E-state index >= 15 is 0 Å². The van der Waals surface area contributed by atoms with Crippen LogP contribution < -0.4 is 18.9 Å². The maximum Gasteiger partial charge on any atom is 0.161 e. The van der Waals surface area contributed by atoms with E-state index in [1.54, 1.807) is 28.4 Å². The average Bonchev–Trinajstić information content (AvgIpc) is 3.11. The number of rotatable bonds is 22. The van der Waals surface area contributed by atoms with Crippen molar-refractivity contribution >= 4 is 12.4 Å². The van der Waals surface area contributed by atoms with Gasteiger partial charge in [-0.3, -0.25) is 0 Å². The number of piperidine rings is 1. The predicted molar refractivity (Wildman–Crippen MR) is 193 cm³/mol. The van der Waals surface area contributed by atoms with Gasteiger partial charge in [0.2, 0.25) is 0 Å². The topological polar surface area (TPSA) is 84.2 Å². The molecule has 8 heteroatoms. The molecule has 47 heavy (non-hydrogen) atoms. The molecule has 2 unspecified atom stereocenters. The molecule has 0 amide bonds. The quantitative estimate of drug-likeness (QED) is 0.125. The number of hydrogen-bond acceptors (Lipinski definition) is 7. The molecular weight excluding hydrogens is 612 g/mol. The summed E-state index contributed by atoms with van der Waals surface area (Å²) in [6.07, 6.45) is 16.8. The summed E-state index contributed by atoms with van der Waals surface area (Å²) in [5, 5.41) is 21.9. The number of unbranched alkanes of at least 4 members (excludes halogenated alkanes) is 9. The highest BCUT2D eigenvalue weighted by Crippen LogP contribution is 2.40. The summed E-state index contributed by atoms with van der Waals surface area (Å²) in [5.41, 5.74) is 1.35. The van der Waals surface area contributed by atoms with Crippen molar-refractivity contribution in [2.24, 2.45) is 5.92 Å². The van der Waals surface area contributed by atoms with Gasteiger partial charge in [0.15, 0.2) is 23.0 Å². The number of methoxy groups -OCH3 is 4. The van der Waals surface area contributed by atoms with Gasteiger partial charge < -0.3 is 29.0 Å². The van der Waals surface area contributed by atoms with E-state index in [4.69, 9.17) is 18.9 Å². The number of nitrogens with zero attached hydrogens (tertiary/aromatic N) is 2. The molecular formula is C39H61ClN2O5. The first-order chi connectivity index (χ1) is 22.4. The standard InChI is InChI=1S/C39H60N2O5.ClH/c1-6-7-8-9-10-11-12-13-14-15-23-39(30-40,33-18-20-35(44-3)37(29-33)46-5)24-16-25-41-26-21-31(22-27-41)38(42)32-17-19-34(43-2)36(28-32)45-4;/h17-20,28-29,31,38,42H,6-16,21-27H2,1-5H3;1H. The van der Waals surface area contributed by atoms with Gasteiger partial charge in [-0.25, -0.2) is 0 Å². The Morgan fingerprint density at radius 2 is 1.26 bits per heavy atom. The summed E-state index contributed by atoms with van der Waals surface area (Å²) < 4.78 is 21.9. The molecule has 2 aromatic rings. The lowest BCUT2D eigenvalue weighted by Gasteiger charge is -2.35. The molecule has 0 aromatic heterocycles. The van der Waals surface area contributed by atoms with Crippen molar-refractivity contribution in [3.05, 3.63) is 47.5 Å². The summed E-state index contributed by atoms with van der Waals surface area (Å²) in [7, 11) is 6.55. The van der Waals surface area contributed by atoms with Crippen molar-refractivity contribution in [3.8, 4) is 29.1 Å². The van der Waals surface area contributed by atoms with E-state index in [-0.39, 0.29) is 18.3 Å². The van der Waals surface area contributed by atoms with Crippen molar-refractivity contribution in [1.29, 1.82) is 5.26 Å². The number of benzene rings is 2. The second-order valence-corrected chi connectivity index (χ2v) is 13.0. The van der Waals surface area contributed by atoms with Crippen LogP contribution in [0.4, 0.5) is 0 Å². The maximum atomic E-state index is 11.2. The minimum Gasteiger partial charge on any atom is -0.493 e. The number of aliphatic hydroxyl groups is 1. The van der Waals surface area contributed by atoms with E-state index in [0.717, 1.165) is 69.3 Å². The molecule has 1 aliphatic rings. The normalized spacial score (nSPS) is 15.6. The Balaban J connectivity index is 0.00000768. The lowest BCUT2D eigenvalue weighted by molar-refractivity contribution is 0.0579. The van der Waals surface area contributed by atoms with Gasteiger partial charge in [-0.05, 0) is 93.0 Å². The molecule has 264 valence electrons. The number of ether oxygens (including phenoxy) is 4. The van der Waals surface area contributed by atoms with Gasteiger partial charge in [-0.1, -0.05) is 83.3 Å². The summed E-state index contributed by atoms with van der Waals surface area (Å²) in [4.78, 5) is 2.50. The Bertz CT molecular complexity index is 1200. The second kappa shape index (κ2) is 22.1. The third kappa shape index (κ3) is 12.1. The van der Waals surface area contributed by atoms with Gasteiger partial charge >= 0.3 is 0 Å². The van der Waals surface area contributed by atoms with E-state index in [0.29, 0.717) is 23.0 Å². The third-order valence-electron chi connectivity index (χ3n) is 10.0. The fraction of sp³-hybridized carbons (Fsp3) is 0.667. The molecule has 1 saturated heterocycles. The Labute approximate surface area is 291 Å². The zero-order chi connectivity index (χ0) is 33.2. The van der Waals surface area contributed by atoms with Crippen LogP contribution in [0, 0.1) is 17.2 Å². The number of likely N-dealkylation sites (tertiary alicyclic amines) is 1. The molecule has 2 atom stereocenters. The number of aliphatic hydroxyl groups excluding tert-OH is 1. The minimum absolute atomic E-state index is 0. The number of hydrogen-bond donors (Lipinski definition) is 1. The first-order valence-corrected chi connectivity index (χ1v) is 17.7. The molecule has 7 nitrogen and oxygen atoms in total. The zero-order valence-electron chi connectivity index (χ0n) is 29.7. The van der Waals surface area contributed by atoms with Crippen LogP contribution in [0.3, 0.4) is 0 Å². The number of halogens is 1. The average molecular weight is 673 g/mol. The van der Waals surface area contributed by atoms with Crippen LogP contribution in [0.5, 0.6) is 23.0 Å². The summed E-state index contributed by atoms with van der Waals surface area (Å²) >= 11 is 0. The highest BCUT2D eigenvalue weighted by Gasteiger charge is 2.33. The first-order valence-electron chi connectivity index (χ1n) is 17.7. The van der Waals surface area contributed by atoms with E-state index < -0.39 is 11.5 Å². The lowest BCUT2D eigenvalue weighted by Crippen LogP contribution is -2.37. The van der Waals surface area contributed by atoms with Crippen molar-refractivity contribution in [1.82, 2.24) is 4.90 Å². The Kier molecular flexibility index (Phi) is 19.0. The largest absolute Gasteiger partial charge is 0.493 e. The molecule has 0 bridgehead atoms. The van der Waals surface area contributed by atoms with E-state index in [2.05, 4.69) is 24.0 Å². The monoisotopic (exact) mass is 672 g/mol. The highest BCUT2D eigenvalue weighted by atomic mass is 35.5. The molecule has 1 fully saturated rings. The van der Waals surface area contributed by atoms with Crippen molar-refractivity contribution in [3.63, 3.8) is 0 Å². The van der Waals surface area contributed by atoms with Gasteiger partial charge in [0.1, 0.15) is 0 Å². The van der Waals surface area contributed by atoms with Crippen LogP contribution in [0.15, 0.2) is 36.4 Å². The summed E-state index contributed by atoms with van der Waals surface area (Å²) in [5.74, 6) is 2.89. The van der Waals surface area contributed by atoms with Crippen LogP contribution in [-0.2, 0) is 5.41 Å². The van der Waals surface area contributed by atoms with Gasteiger partial charge in [0, 0.05) is 0 Å². The van der Waals surface area contributed by atoms with E-state index in [1.165, 1.54) is 57.8 Å². The van der Waals surface area contributed by atoms with Gasteiger partial charge in [-0.2, -0.15) is 5.26 Å². The van der Waals surface area contributed by atoms with Crippen LogP contribution in [0.1, 0.15) is 120 Å².